The van der Waals surface area contributed by atoms with Crippen molar-refractivity contribution in [3.8, 4) is 0 Å². The smallest absolute Gasteiger partial charge is 0.131 e. The van der Waals surface area contributed by atoms with E-state index in [1.54, 1.807) is 18.5 Å². The molecule has 0 atom stereocenters. The topological polar surface area (TPSA) is 25.8 Å². The van der Waals surface area contributed by atoms with Crippen molar-refractivity contribution in [2.45, 2.75) is 13.8 Å². The molecule has 0 aliphatic carbocycles. The van der Waals surface area contributed by atoms with Crippen LogP contribution in [0.2, 0.25) is 10.3 Å². The Labute approximate surface area is 105 Å². The fourth-order valence-corrected chi connectivity index (χ4v) is 1.15. The summed E-state index contributed by atoms with van der Waals surface area (Å²) in [5.41, 5.74) is 2.16. The summed E-state index contributed by atoms with van der Waals surface area (Å²) in [5, 5.41) is 1.14. The minimum atomic E-state index is 0.551. The summed E-state index contributed by atoms with van der Waals surface area (Å²) in [7, 11) is 0. The number of hydrogen-bond acceptors (Lipinski definition) is 2. The van der Waals surface area contributed by atoms with Gasteiger partial charge >= 0.3 is 0 Å². The van der Waals surface area contributed by atoms with Crippen LogP contribution in [0.25, 0.3) is 0 Å². The molecule has 0 saturated carbocycles. The summed E-state index contributed by atoms with van der Waals surface area (Å²) in [4.78, 5) is 7.69. The highest BCUT2D eigenvalue weighted by Crippen LogP contribution is 2.07. The first-order valence-electron chi connectivity index (χ1n) is 4.75. The average molecular weight is 255 g/mol. The van der Waals surface area contributed by atoms with Crippen molar-refractivity contribution in [1.82, 2.24) is 9.97 Å². The molecule has 2 aromatic rings. The zero-order chi connectivity index (χ0) is 12.0. The first-order chi connectivity index (χ1) is 7.59. The van der Waals surface area contributed by atoms with E-state index in [9.17, 15) is 0 Å². The van der Waals surface area contributed by atoms with Crippen LogP contribution in [0.5, 0.6) is 0 Å². The second-order valence-electron chi connectivity index (χ2n) is 3.27. The lowest BCUT2D eigenvalue weighted by atomic mass is 10.3. The number of rotatable bonds is 0. The molecule has 2 nitrogen and oxygen atoms in total. The Morgan fingerprint density at radius 2 is 1.75 bits per heavy atom. The molecule has 0 fully saturated rings. The zero-order valence-corrected chi connectivity index (χ0v) is 10.6. The molecule has 4 heteroatoms. The molecule has 0 bridgehead atoms. The van der Waals surface area contributed by atoms with Gasteiger partial charge in [-0.15, -0.1) is 0 Å². The lowest BCUT2D eigenvalue weighted by Gasteiger charge is -1.89. The van der Waals surface area contributed by atoms with Crippen LogP contribution in [-0.2, 0) is 0 Å². The maximum Gasteiger partial charge on any atom is 0.131 e. The molecule has 0 radical (unpaired) electrons. The van der Waals surface area contributed by atoms with Gasteiger partial charge in [-0.2, -0.15) is 0 Å². The molecular weight excluding hydrogens is 243 g/mol. The Morgan fingerprint density at radius 1 is 1.00 bits per heavy atom. The molecular formula is C12H12Cl2N2. The number of hydrogen-bond donors (Lipinski definition) is 0. The Kier molecular flexibility index (Phi) is 5.23. The molecule has 0 amide bonds. The van der Waals surface area contributed by atoms with Gasteiger partial charge in [0.05, 0.1) is 0 Å². The quantitative estimate of drug-likeness (QED) is 0.662. The molecule has 2 aromatic heterocycles. The van der Waals surface area contributed by atoms with Crippen LogP contribution >= 0.6 is 23.2 Å². The second-order valence-corrected chi connectivity index (χ2v) is 4.01. The van der Waals surface area contributed by atoms with Crippen LogP contribution in [0.3, 0.4) is 0 Å². The van der Waals surface area contributed by atoms with Crippen molar-refractivity contribution in [3.05, 3.63) is 58.1 Å². The molecule has 0 aliphatic rings. The van der Waals surface area contributed by atoms with Crippen LogP contribution in [0.1, 0.15) is 11.1 Å². The lowest BCUT2D eigenvalue weighted by Crippen LogP contribution is -1.75. The standard InChI is InChI=1S/2C6H6ClN/c1-5-2-3-6(7)8-4-5;1-5-3-2-4-8-6(5)7/h2*2-4H,1H3. The predicted octanol–water partition coefficient (Wildman–Crippen LogP) is 4.09. The average Bonchev–Trinajstić information content (AvgIpc) is 2.28. The SMILES string of the molecule is Cc1ccc(Cl)nc1.Cc1cccnc1Cl. The van der Waals surface area contributed by atoms with Gasteiger partial charge in [0.1, 0.15) is 10.3 Å². The highest BCUT2D eigenvalue weighted by atomic mass is 35.5. The van der Waals surface area contributed by atoms with E-state index < -0.39 is 0 Å². The van der Waals surface area contributed by atoms with Crippen molar-refractivity contribution < 1.29 is 0 Å². The Balaban J connectivity index is 0.000000160. The van der Waals surface area contributed by atoms with Gasteiger partial charge in [0.2, 0.25) is 0 Å². The van der Waals surface area contributed by atoms with Gasteiger partial charge in [-0.1, -0.05) is 35.3 Å². The predicted molar refractivity (Wildman–Crippen MR) is 68.0 cm³/mol. The highest BCUT2D eigenvalue weighted by molar-refractivity contribution is 6.30. The monoisotopic (exact) mass is 254 g/mol. The Morgan fingerprint density at radius 3 is 2.12 bits per heavy atom. The van der Waals surface area contributed by atoms with Gasteiger partial charge in [0.25, 0.3) is 0 Å². The van der Waals surface area contributed by atoms with E-state index in [4.69, 9.17) is 23.2 Å². The summed E-state index contributed by atoms with van der Waals surface area (Å²) in [6, 6.07) is 7.49. The third kappa shape index (κ3) is 4.60. The van der Waals surface area contributed by atoms with E-state index >= 15 is 0 Å². The molecule has 2 heterocycles. The van der Waals surface area contributed by atoms with Gasteiger partial charge in [0.15, 0.2) is 0 Å². The van der Waals surface area contributed by atoms with E-state index in [-0.39, 0.29) is 0 Å². The minimum Gasteiger partial charge on any atom is -0.244 e. The summed E-state index contributed by atoms with van der Waals surface area (Å²) >= 11 is 11.1. The highest BCUT2D eigenvalue weighted by Gasteiger charge is 1.88. The number of halogens is 2. The van der Waals surface area contributed by atoms with Crippen molar-refractivity contribution in [2.75, 3.05) is 0 Å². The normalized spacial score (nSPS) is 9.25. The summed E-state index contributed by atoms with van der Waals surface area (Å²) in [5.74, 6) is 0. The summed E-state index contributed by atoms with van der Waals surface area (Å²) in [6.07, 6.45) is 3.41. The van der Waals surface area contributed by atoms with Gasteiger partial charge in [-0.3, -0.25) is 0 Å². The molecule has 0 spiro atoms. The third-order valence-corrected chi connectivity index (χ3v) is 2.44. The zero-order valence-electron chi connectivity index (χ0n) is 9.11. The largest absolute Gasteiger partial charge is 0.244 e. The molecule has 0 aromatic carbocycles. The molecule has 0 saturated heterocycles. The van der Waals surface area contributed by atoms with Crippen molar-refractivity contribution >= 4 is 23.2 Å². The van der Waals surface area contributed by atoms with Gasteiger partial charge < -0.3 is 0 Å². The third-order valence-electron chi connectivity index (χ3n) is 1.82. The number of pyridine rings is 2. The number of aryl methyl sites for hydroxylation is 2. The maximum atomic E-state index is 5.60. The summed E-state index contributed by atoms with van der Waals surface area (Å²) in [6.45, 7) is 3.90. The van der Waals surface area contributed by atoms with E-state index in [0.717, 1.165) is 11.1 Å². The van der Waals surface area contributed by atoms with Crippen molar-refractivity contribution in [2.24, 2.45) is 0 Å². The van der Waals surface area contributed by atoms with Crippen molar-refractivity contribution in [3.63, 3.8) is 0 Å². The van der Waals surface area contributed by atoms with E-state index in [1.807, 2.05) is 32.0 Å². The first kappa shape index (κ1) is 12.9. The van der Waals surface area contributed by atoms with E-state index in [0.29, 0.717) is 10.3 Å². The van der Waals surface area contributed by atoms with Gasteiger partial charge in [0, 0.05) is 12.4 Å². The maximum absolute atomic E-state index is 5.60. The molecule has 0 N–H and O–H groups in total. The van der Waals surface area contributed by atoms with Crippen LogP contribution in [0.4, 0.5) is 0 Å². The molecule has 16 heavy (non-hydrogen) atoms. The molecule has 2 rings (SSSR count). The fraction of sp³-hybridized carbons (Fsp3) is 0.167. The number of aromatic nitrogens is 2. The summed E-state index contributed by atoms with van der Waals surface area (Å²) < 4.78 is 0. The molecule has 0 unspecified atom stereocenters. The minimum absolute atomic E-state index is 0.551. The Bertz CT molecular complexity index is 399. The number of nitrogens with zero attached hydrogens (tertiary/aromatic N) is 2. The second kappa shape index (κ2) is 6.46. The first-order valence-corrected chi connectivity index (χ1v) is 5.50. The van der Waals surface area contributed by atoms with Crippen LogP contribution in [-0.4, -0.2) is 9.97 Å². The fourth-order valence-electron chi connectivity index (χ4n) is 0.916. The van der Waals surface area contributed by atoms with Crippen LogP contribution in [0.15, 0.2) is 36.7 Å². The Hall–Kier alpha value is -1.12. The van der Waals surface area contributed by atoms with E-state index in [1.165, 1.54) is 0 Å². The van der Waals surface area contributed by atoms with Crippen LogP contribution in [0, 0.1) is 13.8 Å². The van der Waals surface area contributed by atoms with Crippen LogP contribution < -0.4 is 0 Å². The van der Waals surface area contributed by atoms with Gasteiger partial charge in [-0.25, -0.2) is 9.97 Å². The van der Waals surface area contributed by atoms with E-state index in [2.05, 4.69) is 9.97 Å². The van der Waals surface area contributed by atoms with Gasteiger partial charge in [-0.05, 0) is 37.1 Å². The molecule has 84 valence electrons. The lowest BCUT2D eigenvalue weighted by molar-refractivity contribution is 1.27. The van der Waals surface area contributed by atoms with Crippen molar-refractivity contribution in [1.29, 1.82) is 0 Å². The molecule has 0 aliphatic heterocycles.